The maximum atomic E-state index is 12.7. The summed E-state index contributed by atoms with van der Waals surface area (Å²) in [4.78, 5) is 38.2. The molecule has 0 bridgehead atoms. The number of halogens is 1. The molecule has 2 heterocycles. The fourth-order valence-corrected chi connectivity index (χ4v) is 5.12. The van der Waals surface area contributed by atoms with Crippen LogP contribution in [0.4, 0.5) is 0 Å². The van der Waals surface area contributed by atoms with Gasteiger partial charge in [0.1, 0.15) is 4.90 Å². The Labute approximate surface area is 162 Å². The van der Waals surface area contributed by atoms with Gasteiger partial charge in [-0.3, -0.25) is 19.3 Å². The number of rotatable bonds is 5. The number of imide groups is 1. The molecule has 3 rings (SSSR count). The molecule has 3 amide bonds. The third kappa shape index (κ3) is 4.15. The standard InChI is InChI=1S/C17H20ClN3O5S/c18-13-3-1-2-4-14(13)27(25,26)20-11-9-19(10-12-20)15(22)7-8-21-16(23)5-6-17(21)24/h1-4H,5-12H2. The summed E-state index contributed by atoms with van der Waals surface area (Å²) >= 11 is 6.00. The first-order valence-corrected chi connectivity index (χ1v) is 10.5. The largest absolute Gasteiger partial charge is 0.340 e. The van der Waals surface area contributed by atoms with Gasteiger partial charge >= 0.3 is 0 Å². The van der Waals surface area contributed by atoms with Gasteiger partial charge in [0, 0.05) is 52.0 Å². The topological polar surface area (TPSA) is 95.1 Å². The minimum atomic E-state index is -3.72. The summed E-state index contributed by atoms with van der Waals surface area (Å²) in [6, 6.07) is 6.25. The van der Waals surface area contributed by atoms with Crippen LogP contribution >= 0.6 is 11.6 Å². The van der Waals surface area contributed by atoms with Crippen molar-refractivity contribution in [3.63, 3.8) is 0 Å². The molecule has 0 aliphatic carbocycles. The Morgan fingerprint density at radius 1 is 1.00 bits per heavy atom. The van der Waals surface area contributed by atoms with E-state index in [9.17, 15) is 22.8 Å². The minimum absolute atomic E-state index is 0.0503. The van der Waals surface area contributed by atoms with E-state index < -0.39 is 10.0 Å². The Morgan fingerprint density at radius 3 is 2.19 bits per heavy atom. The molecule has 146 valence electrons. The summed E-state index contributed by atoms with van der Waals surface area (Å²) in [5.41, 5.74) is 0. The van der Waals surface area contributed by atoms with Crippen LogP contribution in [-0.4, -0.2) is 73.0 Å². The zero-order chi connectivity index (χ0) is 19.6. The Bertz CT molecular complexity index is 849. The average molecular weight is 414 g/mol. The van der Waals surface area contributed by atoms with Gasteiger partial charge in [0.05, 0.1) is 5.02 Å². The van der Waals surface area contributed by atoms with Gasteiger partial charge in [0.25, 0.3) is 0 Å². The van der Waals surface area contributed by atoms with Crippen LogP contribution in [0.25, 0.3) is 0 Å². The number of nitrogens with zero attached hydrogens (tertiary/aromatic N) is 3. The van der Waals surface area contributed by atoms with Crippen LogP contribution in [0, 0.1) is 0 Å². The Hall–Kier alpha value is -1.97. The molecule has 2 saturated heterocycles. The lowest BCUT2D eigenvalue weighted by Gasteiger charge is -2.34. The Balaban J connectivity index is 1.55. The average Bonchev–Trinajstić information content (AvgIpc) is 2.98. The second-order valence-electron chi connectivity index (χ2n) is 6.40. The highest BCUT2D eigenvalue weighted by Crippen LogP contribution is 2.25. The number of sulfonamides is 1. The molecule has 0 atom stereocenters. The predicted molar refractivity (Wildman–Crippen MR) is 97.4 cm³/mol. The highest BCUT2D eigenvalue weighted by atomic mass is 35.5. The van der Waals surface area contributed by atoms with Crippen LogP contribution in [0.3, 0.4) is 0 Å². The summed E-state index contributed by atoms with van der Waals surface area (Å²) in [6.07, 6.45) is 0.450. The van der Waals surface area contributed by atoms with Gasteiger partial charge in [-0.1, -0.05) is 23.7 Å². The molecule has 0 N–H and O–H groups in total. The second-order valence-corrected chi connectivity index (χ2v) is 8.72. The van der Waals surface area contributed by atoms with Crippen molar-refractivity contribution in [1.29, 1.82) is 0 Å². The molecule has 1 aromatic carbocycles. The van der Waals surface area contributed by atoms with Crippen molar-refractivity contribution >= 4 is 39.3 Å². The fraction of sp³-hybridized carbons (Fsp3) is 0.471. The van der Waals surface area contributed by atoms with Crippen molar-refractivity contribution in [2.45, 2.75) is 24.2 Å². The van der Waals surface area contributed by atoms with Gasteiger partial charge in [-0.05, 0) is 12.1 Å². The lowest BCUT2D eigenvalue weighted by atomic mass is 10.3. The molecule has 27 heavy (non-hydrogen) atoms. The number of carbonyl (C=O) groups excluding carboxylic acids is 3. The van der Waals surface area contributed by atoms with E-state index in [0.29, 0.717) is 0 Å². The van der Waals surface area contributed by atoms with Gasteiger partial charge in [0.15, 0.2) is 0 Å². The highest BCUT2D eigenvalue weighted by molar-refractivity contribution is 7.89. The monoisotopic (exact) mass is 413 g/mol. The first-order chi connectivity index (χ1) is 12.8. The highest BCUT2D eigenvalue weighted by Gasteiger charge is 2.33. The Morgan fingerprint density at radius 2 is 1.59 bits per heavy atom. The zero-order valence-corrected chi connectivity index (χ0v) is 16.2. The normalized spacial score (nSPS) is 19.0. The van der Waals surface area contributed by atoms with Crippen molar-refractivity contribution in [3.8, 4) is 0 Å². The van der Waals surface area contributed by atoms with Crippen molar-refractivity contribution < 1.29 is 22.8 Å². The molecular formula is C17H20ClN3O5S. The zero-order valence-electron chi connectivity index (χ0n) is 14.6. The van der Waals surface area contributed by atoms with E-state index in [4.69, 9.17) is 11.6 Å². The lowest BCUT2D eigenvalue weighted by molar-refractivity contribution is -0.139. The summed E-state index contributed by atoms with van der Waals surface area (Å²) in [5, 5.41) is 0.163. The van der Waals surface area contributed by atoms with Crippen LogP contribution in [0.2, 0.25) is 5.02 Å². The molecule has 0 radical (unpaired) electrons. The van der Waals surface area contributed by atoms with E-state index in [0.717, 1.165) is 4.90 Å². The van der Waals surface area contributed by atoms with Gasteiger partial charge < -0.3 is 4.90 Å². The SMILES string of the molecule is O=C(CCN1C(=O)CCC1=O)N1CCN(S(=O)(=O)c2ccccc2Cl)CC1. The Kier molecular flexibility index (Phi) is 5.83. The molecule has 0 aromatic heterocycles. The number of hydrogen-bond donors (Lipinski definition) is 0. The lowest BCUT2D eigenvalue weighted by Crippen LogP contribution is -2.51. The van der Waals surface area contributed by atoms with E-state index in [2.05, 4.69) is 0 Å². The third-order valence-electron chi connectivity index (χ3n) is 4.75. The maximum Gasteiger partial charge on any atom is 0.244 e. The summed E-state index contributed by atoms with van der Waals surface area (Å²) in [7, 11) is -3.72. The summed E-state index contributed by atoms with van der Waals surface area (Å²) in [6.45, 7) is 0.922. The molecule has 0 unspecified atom stereocenters. The molecule has 10 heteroatoms. The van der Waals surface area contributed by atoms with E-state index in [1.807, 2.05) is 0 Å². The molecule has 2 fully saturated rings. The van der Waals surface area contributed by atoms with Crippen LogP contribution in [0.15, 0.2) is 29.2 Å². The van der Waals surface area contributed by atoms with E-state index in [1.165, 1.54) is 16.4 Å². The number of likely N-dealkylation sites (tertiary alicyclic amines) is 1. The minimum Gasteiger partial charge on any atom is -0.340 e. The van der Waals surface area contributed by atoms with Crippen molar-refractivity contribution in [3.05, 3.63) is 29.3 Å². The number of piperazine rings is 1. The van der Waals surface area contributed by atoms with Gasteiger partial charge in [-0.15, -0.1) is 0 Å². The summed E-state index contributed by atoms with van der Waals surface area (Å²) < 4.78 is 26.7. The molecule has 0 spiro atoms. The molecule has 1 aromatic rings. The summed E-state index contributed by atoms with van der Waals surface area (Å²) in [5.74, 6) is -0.691. The third-order valence-corrected chi connectivity index (χ3v) is 7.15. The van der Waals surface area contributed by atoms with Gasteiger partial charge in [-0.2, -0.15) is 4.31 Å². The van der Waals surface area contributed by atoms with E-state index >= 15 is 0 Å². The molecule has 0 saturated carbocycles. The van der Waals surface area contributed by atoms with Crippen LogP contribution in [-0.2, 0) is 24.4 Å². The van der Waals surface area contributed by atoms with Crippen LogP contribution in [0.1, 0.15) is 19.3 Å². The molecular weight excluding hydrogens is 394 g/mol. The first-order valence-electron chi connectivity index (χ1n) is 8.66. The maximum absolute atomic E-state index is 12.7. The van der Waals surface area contributed by atoms with Crippen LogP contribution < -0.4 is 0 Å². The quantitative estimate of drug-likeness (QED) is 0.662. The number of hydrogen-bond acceptors (Lipinski definition) is 5. The van der Waals surface area contributed by atoms with E-state index in [-0.39, 0.29) is 79.6 Å². The molecule has 2 aliphatic rings. The molecule has 8 nitrogen and oxygen atoms in total. The molecule has 2 aliphatic heterocycles. The number of amides is 3. The fourth-order valence-electron chi connectivity index (χ4n) is 3.21. The number of carbonyl (C=O) groups is 3. The first kappa shape index (κ1) is 19.8. The van der Waals surface area contributed by atoms with E-state index in [1.54, 1.807) is 17.0 Å². The second kappa shape index (κ2) is 7.95. The predicted octanol–water partition coefficient (Wildman–Crippen LogP) is 0.712. The van der Waals surface area contributed by atoms with Crippen molar-refractivity contribution in [2.75, 3.05) is 32.7 Å². The number of benzene rings is 1. The van der Waals surface area contributed by atoms with Crippen molar-refractivity contribution in [2.24, 2.45) is 0 Å². The smallest absolute Gasteiger partial charge is 0.244 e. The van der Waals surface area contributed by atoms with Gasteiger partial charge in [0.2, 0.25) is 27.7 Å². The van der Waals surface area contributed by atoms with Crippen molar-refractivity contribution in [1.82, 2.24) is 14.1 Å². The van der Waals surface area contributed by atoms with Gasteiger partial charge in [-0.25, -0.2) is 8.42 Å². The van der Waals surface area contributed by atoms with Crippen LogP contribution in [0.5, 0.6) is 0 Å².